The molecule has 0 saturated carbocycles. The van der Waals surface area contributed by atoms with Crippen LogP contribution in [0.25, 0.3) is 0 Å². The Balaban J connectivity index is 1.92. The Morgan fingerprint density at radius 3 is 2.90 bits per heavy atom. The van der Waals surface area contributed by atoms with Crippen LogP contribution < -0.4 is 15.0 Å². The first-order valence-electron chi connectivity index (χ1n) is 6.62. The highest BCUT2D eigenvalue weighted by molar-refractivity contribution is 7.80. The lowest BCUT2D eigenvalue weighted by Crippen LogP contribution is -2.38. The van der Waals surface area contributed by atoms with E-state index in [0.717, 1.165) is 5.69 Å². The molecule has 2 amide bonds. The molecule has 20 heavy (non-hydrogen) atoms. The van der Waals surface area contributed by atoms with Crippen LogP contribution >= 0.6 is 12.6 Å². The second-order valence-electron chi connectivity index (χ2n) is 4.44. The Morgan fingerprint density at radius 1 is 1.30 bits per heavy atom. The molecule has 108 valence electrons. The molecule has 1 aromatic carbocycles. The van der Waals surface area contributed by atoms with Crippen molar-refractivity contribution >= 4 is 30.1 Å². The lowest BCUT2D eigenvalue weighted by atomic mass is 10.2. The monoisotopic (exact) mass is 294 g/mol. The van der Waals surface area contributed by atoms with E-state index in [4.69, 9.17) is 4.74 Å². The second kappa shape index (κ2) is 7.19. The van der Waals surface area contributed by atoms with Crippen LogP contribution in [-0.2, 0) is 9.59 Å². The van der Waals surface area contributed by atoms with Crippen molar-refractivity contribution < 1.29 is 14.3 Å². The van der Waals surface area contributed by atoms with Crippen LogP contribution in [0, 0.1) is 0 Å². The molecular weight excluding hydrogens is 276 g/mol. The van der Waals surface area contributed by atoms with E-state index < -0.39 is 0 Å². The SMILES string of the molecule is O=C(CCC(=O)N1CCOc2ccccc21)NCCS. The van der Waals surface area contributed by atoms with Crippen LogP contribution in [0.5, 0.6) is 5.75 Å². The Hall–Kier alpha value is -1.69. The molecule has 1 N–H and O–H groups in total. The molecule has 0 atom stereocenters. The van der Waals surface area contributed by atoms with Crippen molar-refractivity contribution in [2.75, 3.05) is 30.3 Å². The fourth-order valence-electron chi connectivity index (χ4n) is 2.07. The van der Waals surface area contributed by atoms with E-state index in [1.54, 1.807) is 4.90 Å². The van der Waals surface area contributed by atoms with E-state index in [1.165, 1.54) is 0 Å². The van der Waals surface area contributed by atoms with Gasteiger partial charge in [-0.05, 0) is 12.1 Å². The molecule has 1 aromatic rings. The highest BCUT2D eigenvalue weighted by Crippen LogP contribution is 2.31. The fraction of sp³-hybridized carbons (Fsp3) is 0.429. The minimum atomic E-state index is -0.117. The van der Waals surface area contributed by atoms with Gasteiger partial charge in [0.25, 0.3) is 0 Å². The smallest absolute Gasteiger partial charge is 0.227 e. The maximum absolute atomic E-state index is 12.2. The van der Waals surface area contributed by atoms with Crippen molar-refractivity contribution in [3.05, 3.63) is 24.3 Å². The maximum Gasteiger partial charge on any atom is 0.227 e. The number of carbonyl (C=O) groups excluding carboxylic acids is 2. The number of rotatable bonds is 5. The number of benzene rings is 1. The Morgan fingerprint density at radius 2 is 2.10 bits per heavy atom. The second-order valence-corrected chi connectivity index (χ2v) is 4.88. The van der Waals surface area contributed by atoms with Gasteiger partial charge < -0.3 is 15.0 Å². The van der Waals surface area contributed by atoms with Gasteiger partial charge in [0.05, 0.1) is 12.2 Å². The van der Waals surface area contributed by atoms with Crippen LogP contribution in [0.4, 0.5) is 5.69 Å². The summed E-state index contributed by atoms with van der Waals surface area (Å²) in [6.45, 7) is 1.53. The maximum atomic E-state index is 12.2. The third-order valence-corrected chi connectivity index (χ3v) is 3.25. The molecule has 1 heterocycles. The summed E-state index contributed by atoms with van der Waals surface area (Å²) in [7, 11) is 0. The van der Waals surface area contributed by atoms with Crippen molar-refractivity contribution in [3.8, 4) is 5.75 Å². The lowest BCUT2D eigenvalue weighted by Gasteiger charge is -2.29. The number of amides is 2. The third kappa shape index (κ3) is 3.66. The molecule has 2 rings (SSSR count). The number of nitrogens with zero attached hydrogens (tertiary/aromatic N) is 1. The highest BCUT2D eigenvalue weighted by atomic mass is 32.1. The first-order valence-corrected chi connectivity index (χ1v) is 7.25. The highest BCUT2D eigenvalue weighted by Gasteiger charge is 2.23. The summed E-state index contributed by atoms with van der Waals surface area (Å²) in [5, 5.41) is 2.70. The number of fused-ring (bicyclic) bond motifs is 1. The zero-order valence-electron chi connectivity index (χ0n) is 11.2. The van der Waals surface area contributed by atoms with Gasteiger partial charge in [0.15, 0.2) is 0 Å². The fourth-order valence-corrected chi connectivity index (χ4v) is 2.18. The van der Waals surface area contributed by atoms with Crippen molar-refractivity contribution in [3.63, 3.8) is 0 Å². The molecule has 1 aliphatic rings. The van der Waals surface area contributed by atoms with Crippen molar-refractivity contribution in [2.24, 2.45) is 0 Å². The number of ether oxygens (including phenoxy) is 1. The summed E-state index contributed by atoms with van der Waals surface area (Å²) >= 11 is 4.01. The lowest BCUT2D eigenvalue weighted by molar-refractivity contribution is -0.125. The number of hydrogen-bond donors (Lipinski definition) is 2. The van der Waals surface area contributed by atoms with Gasteiger partial charge in [0.1, 0.15) is 12.4 Å². The van der Waals surface area contributed by atoms with E-state index in [0.29, 0.717) is 31.2 Å². The standard InChI is InChI=1S/C14H18N2O3S/c17-13(15-7-10-20)5-6-14(18)16-8-9-19-12-4-2-1-3-11(12)16/h1-4,20H,5-10H2,(H,15,17). The molecule has 0 fully saturated rings. The van der Waals surface area contributed by atoms with Gasteiger partial charge in [-0.2, -0.15) is 12.6 Å². The van der Waals surface area contributed by atoms with E-state index in [1.807, 2.05) is 24.3 Å². The predicted octanol–water partition coefficient (Wildman–Crippen LogP) is 1.24. The number of anilines is 1. The van der Waals surface area contributed by atoms with Gasteiger partial charge in [0, 0.05) is 25.1 Å². The molecule has 0 saturated heterocycles. The van der Waals surface area contributed by atoms with E-state index >= 15 is 0 Å². The minimum absolute atomic E-state index is 0.0539. The summed E-state index contributed by atoms with van der Waals surface area (Å²) < 4.78 is 5.50. The van der Waals surface area contributed by atoms with Crippen molar-refractivity contribution in [1.82, 2.24) is 5.32 Å². The summed E-state index contributed by atoms with van der Waals surface area (Å²) in [5.41, 5.74) is 0.777. The molecule has 0 aliphatic carbocycles. The van der Waals surface area contributed by atoms with Gasteiger partial charge in [-0.1, -0.05) is 12.1 Å². The number of thiol groups is 1. The summed E-state index contributed by atoms with van der Waals surface area (Å²) in [4.78, 5) is 25.4. The van der Waals surface area contributed by atoms with Crippen LogP contribution in [0.15, 0.2) is 24.3 Å². The Bertz CT molecular complexity index is 493. The topological polar surface area (TPSA) is 58.6 Å². The summed E-state index contributed by atoms with van der Waals surface area (Å²) in [5.74, 6) is 1.14. The summed E-state index contributed by atoms with van der Waals surface area (Å²) in [6.07, 6.45) is 0.402. The van der Waals surface area contributed by atoms with Crippen molar-refractivity contribution in [1.29, 1.82) is 0 Å². The van der Waals surface area contributed by atoms with Crippen LogP contribution in [-0.4, -0.2) is 37.3 Å². The van der Waals surface area contributed by atoms with Gasteiger partial charge >= 0.3 is 0 Å². The Kier molecular flexibility index (Phi) is 5.29. The number of hydrogen-bond acceptors (Lipinski definition) is 4. The molecule has 1 aliphatic heterocycles. The van der Waals surface area contributed by atoms with E-state index in [2.05, 4.69) is 17.9 Å². The zero-order valence-corrected chi connectivity index (χ0v) is 12.1. The molecule has 0 aromatic heterocycles. The van der Waals surface area contributed by atoms with E-state index in [-0.39, 0.29) is 24.7 Å². The molecular formula is C14H18N2O3S. The molecule has 0 bridgehead atoms. The van der Waals surface area contributed by atoms with Crippen LogP contribution in [0.2, 0.25) is 0 Å². The average molecular weight is 294 g/mol. The number of carbonyl (C=O) groups is 2. The summed E-state index contributed by atoms with van der Waals surface area (Å²) in [6, 6.07) is 7.44. The average Bonchev–Trinajstić information content (AvgIpc) is 2.50. The minimum Gasteiger partial charge on any atom is -0.490 e. The first-order chi connectivity index (χ1) is 9.72. The number of para-hydroxylation sites is 2. The number of nitrogens with one attached hydrogen (secondary N) is 1. The normalized spacial score (nSPS) is 13.3. The zero-order chi connectivity index (χ0) is 14.4. The molecule has 5 nitrogen and oxygen atoms in total. The predicted molar refractivity (Wildman–Crippen MR) is 80.4 cm³/mol. The molecule has 0 unspecified atom stereocenters. The van der Waals surface area contributed by atoms with Crippen LogP contribution in [0.3, 0.4) is 0 Å². The van der Waals surface area contributed by atoms with E-state index in [9.17, 15) is 9.59 Å². The van der Waals surface area contributed by atoms with Crippen LogP contribution in [0.1, 0.15) is 12.8 Å². The molecule has 6 heteroatoms. The quantitative estimate of drug-likeness (QED) is 0.803. The van der Waals surface area contributed by atoms with Gasteiger partial charge in [-0.15, -0.1) is 0 Å². The van der Waals surface area contributed by atoms with Gasteiger partial charge in [-0.3, -0.25) is 9.59 Å². The van der Waals surface area contributed by atoms with Gasteiger partial charge in [0.2, 0.25) is 11.8 Å². The van der Waals surface area contributed by atoms with Crippen molar-refractivity contribution in [2.45, 2.75) is 12.8 Å². The molecule has 0 radical (unpaired) electrons. The molecule has 0 spiro atoms. The largest absolute Gasteiger partial charge is 0.490 e. The first kappa shape index (κ1) is 14.7. The third-order valence-electron chi connectivity index (χ3n) is 3.03. The van der Waals surface area contributed by atoms with Gasteiger partial charge in [-0.25, -0.2) is 0 Å². The Labute approximate surface area is 123 Å².